The van der Waals surface area contributed by atoms with Crippen molar-refractivity contribution >= 4 is 5.97 Å². The predicted octanol–water partition coefficient (Wildman–Crippen LogP) is 0.141. The van der Waals surface area contributed by atoms with Gasteiger partial charge in [-0.05, 0) is 109 Å². The van der Waals surface area contributed by atoms with Crippen molar-refractivity contribution in [2.24, 2.45) is 50.2 Å². The Hall–Kier alpha value is -1.43. The summed E-state index contributed by atoms with van der Waals surface area (Å²) in [5, 5.41) is 116. The second-order valence-electron chi connectivity index (χ2n) is 23.5. The molecule has 378 valence electrons. The third-order valence-corrected chi connectivity index (χ3v) is 19.3. The smallest absolute Gasteiger partial charge is 0.315 e. The van der Waals surface area contributed by atoms with E-state index in [4.69, 9.17) is 28.4 Å². The van der Waals surface area contributed by atoms with Crippen LogP contribution >= 0.6 is 0 Å². The van der Waals surface area contributed by atoms with Gasteiger partial charge in [-0.25, -0.2) is 0 Å². The van der Waals surface area contributed by atoms with Crippen LogP contribution in [0.5, 0.6) is 0 Å². The highest BCUT2D eigenvalue weighted by molar-refractivity contribution is 5.79. The van der Waals surface area contributed by atoms with Gasteiger partial charge in [0.1, 0.15) is 73.2 Å². The molecule has 0 spiro atoms. The van der Waals surface area contributed by atoms with E-state index in [-0.39, 0.29) is 39.4 Å². The van der Waals surface area contributed by atoms with Crippen LogP contribution in [-0.2, 0) is 33.2 Å². The topological polar surface area (TPSA) is 295 Å². The Morgan fingerprint density at radius 3 is 1.76 bits per heavy atom. The first-order chi connectivity index (χ1) is 30.9. The lowest BCUT2D eigenvalue weighted by Gasteiger charge is -2.71. The number of esters is 1. The number of ether oxygens (including phenoxy) is 6. The molecule has 23 atom stereocenters. The molecule has 0 unspecified atom stereocenters. The lowest BCUT2D eigenvalue weighted by molar-refractivity contribution is -0.369. The van der Waals surface area contributed by atoms with Crippen LogP contribution in [0.1, 0.15) is 113 Å². The van der Waals surface area contributed by atoms with Crippen LogP contribution in [0.3, 0.4) is 0 Å². The van der Waals surface area contributed by atoms with Gasteiger partial charge in [0.15, 0.2) is 12.6 Å². The van der Waals surface area contributed by atoms with Gasteiger partial charge in [0, 0.05) is 0 Å². The molecule has 0 aromatic carbocycles. The lowest BCUT2D eigenvalue weighted by atomic mass is 9.33. The average molecular weight is 943 g/mol. The molecule has 0 amide bonds. The zero-order valence-electron chi connectivity index (χ0n) is 39.5. The van der Waals surface area contributed by atoms with Crippen molar-refractivity contribution in [1.82, 2.24) is 0 Å². The maximum absolute atomic E-state index is 14.7. The van der Waals surface area contributed by atoms with Gasteiger partial charge < -0.3 is 84.6 Å². The molecule has 3 aliphatic heterocycles. The molecule has 11 N–H and O–H groups in total. The minimum Gasteiger partial charge on any atom is -0.432 e. The summed E-state index contributed by atoms with van der Waals surface area (Å²) in [6, 6.07) is 0. The minimum atomic E-state index is -1.79. The van der Waals surface area contributed by atoms with Crippen molar-refractivity contribution in [2.45, 2.75) is 211 Å². The molecule has 3 heterocycles. The van der Waals surface area contributed by atoms with Crippen molar-refractivity contribution in [3.05, 3.63) is 11.6 Å². The molecule has 0 bridgehead atoms. The number of carbonyl (C=O) groups excluding carboxylic acids is 1. The largest absolute Gasteiger partial charge is 0.432 e. The Labute approximate surface area is 387 Å². The van der Waals surface area contributed by atoms with Crippen molar-refractivity contribution < 1.29 is 89.4 Å². The SMILES string of the molecule is CC1(C)CC[C@@]2(C(=O)O[C@H]3O[C@@H](CO)[C@H](O)[C@@H](O)[C@@H]3O)CC[C@]3(C)C(=CC[C@H]4[C@]5(C)CC[C@@H](O[C@H]6O[C@@H](CO)[C@H](O)[C@@H](O[C@H]7O[C@@H](CO)[C@H](O)[C@@H](O)[C@@H]7O)[C@@H]6O)C(C)(C)[C@H]5CC[C@]43C)[C@H]2C1. The second-order valence-corrected chi connectivity index (χ2v) is 23.5. The molecule has 8 rings (SSSR count). The number of rotatable bonds is 9. The number of allylic oxidation sites excluding steroid dienone is 2. The standard InChI is InChI=1S/C48H78O18/c1-43(2)14-16-48(42(60)66-40-36(58)34(56)31(53)25(20-50)62-40)17-15-46(6)22(23(48)18-43)8-9-28-45(5)12-11-29(44(3,4)27(45)10-13-47(28,46)7)64-41-37(59)38(32(54)26(21-51)63-41)65-39-35(57)33(55)30(52)24(19-49)61-39/h8,23-41,49-59H,9-21H2,1-7H3/t23-,24+,25+,26+,27-,28+,29-,30+,31+,32+,33-,34-,35+,36+,37+,38-,39-,40-,41-,45-,46-,47-,48-/m1/s1. The number of aliphatic hydroxyl groups is 11. The third-order valence-electron chi connectivity index (χ3n) is 19.3. The number of carbonyl (C=O) groups is 1. The van der Waals surface area contributed by atoms with E-state index in [1.165, 1.54) is 5.57 Å². The van der Waals surface area contributed by atoms with Gasteiger partial charge >= 0.3 is 5.97 Å². The van der Waals surface area contributed by atoms with Crippen LogP contribution in [-0.4, -0.2) is 180 Å². The molecule has 18 heteroatoms. The predicted molar refractivity (Wildman–Crippen MR) is 230 cm³/mol. The van der Waals surface area contributed by atoms with E-state index in [0.717, 1.165) is 44.9 Å². The molecule has 0 aromatic rings. The molecule has 3 saturated heterocycles. The maximum atomic E-state index is 14.7. The normalized spacial score (nSPS) is 53.3. The Kier molecular flexibility index (Phi) is 13.9. The minimum absolute atomic E-state index is 0.0581. The molecule has 66 heavy (non-hydrogen) atoms. The molecule has 0 radical (unpaired) electrons. The summed E-state index contributed by atoms with van der Waals surface area (Å²) in [6.07, 6.45) is -13.7. The Morgan fingerprint density at radius 2 is 1.15 bits per heavy atom. The van der Waals surface area contributed by atoms with Crippen LogP contribution in [0.15, 0.2) is 11.6 Å². The molecule has 5 aliphatic carbocycles. The summed E-state index contributed by atoms with van der Waals surface area (Å²) < 4.78 is 35.7. The van der Waals surface area contributed by atoms with Crippen molar-refractivity contribution in [2.75, 3.05) is 19.8 Å². The van der Waals surface area contributed by atoms with E-state index in [9.17, 15) is 61.0 Å². The van der Waals surface area contributed by atoms with Gasteiger partial charge in [-0.3, -0.25) is 4.79 Å². The number of fused-ring (bicyclic) bond motifs is 7. The first kappa shape index (κ1) is 50.9. The molecule has 18 nitrogen and oxygen atoms in total. The van der Waals surface area contributed by atoms with Crippen LogP contribution in [0.4, 0.5) is 0 Å². The Bertz CT molecular complexity index is 1790. The summed E-state index contributed by atoms with van der Waals surface area (Å²) in [5.41, 5.74) is -0.674. The number of hydrogen-bond donors (Lipinski definition) is 11. The fourth-order valence-corrected chi connectivity index (χ4v) is 15.0. The monoisotopic (exact) mass is 943 g/mol. The van der Waals surface area contributed by atoms with Crippen LogP contribution in [0.25, 0.3) is 0 Å². The average Bonchev–Trinajstić information content (AvgIpc) is 3.26. The van der Waals surface area contributed by atoms with E-state index >= 15 is 0 Å². The highest BCUT2D eigenvalue weighted by Crippen LogP contribution is 2.76. The van der Waals surface area contributed by atoms with Crippen LogP contribution in [0, 0.1) is 50.2 Å². The van der Waals surface area contributed by atoms with Gasteiger partial charge in [-0.15, -0.1) is 0 Å². The molecular weight excluding hydrogens is 865 g/mol. The first-order valence-corrected chi connectivity index (χ1v) is 24.3. The van der Waals surface area contributed by atoms with Gasteiger partial charge in [0.25, 0.3) is 0 Å². The summed E-state index contributed by atoms with van der Waals surface area (Å²) >= 11 is 0. The first-order valence-electron chi connectivity index (χ1n) is 24.3. The van der Waals surface area contributed by atoms with E-state index in [2.05, 4.69) is 54.5 Å². The maximum Gasteiger partial charge on any atom is 0.315 e. The Balaban J connectivity index is 1.02. The van der Waals surface area contributed by atoms with Gasteiger partial charge in [-0.2, -0.15) is 0 Å². The number of aliphatic hydroxyl groups excluding tert-OH is 11. The van der Waals surface area contributed by atoms with Gasteiger partial charge in [-0.1, -0.05) is 60.1 Å². The van der Waals surface area contributed by atoms with E-state index in [0.29, 0.717) is 19.3 Å². The van der Waals surface area contributed by atoms with E-state index in [1.807, 2.05) is 0 Å². The fourth-order valence-electron chi connectivity index (χ4n) is 15.0. The van der Waals surface area contributed by atoms with Crippen molar-refractivity contribution in [1.29, 1.82) is 0 Å². The third kappa shape index (κ3) is 7.87. The zero-order valence-corrected chi connectivity index (χ0v) is 39.5. The summed E-state index contributed by atoms with van der Waals surface area (Å²) in [5.74, 6) is -0.189. The molecular formula is C48H78O18. The molecule has 4 saturated carbocycles. The summed E-state index contributed by atoms with van der Waals surface area (Å²) in [6.45, 7) is 14.1. The molecule has 8 aliphatic rings. The Morgan fingerprint density at radius 1 is 0.606 bits per heavy atom. The lowest BCUT2D eigenvalue weighted by Crippen LogP contribution is -2.67. The van der Waals surface area contributed by atoms with E-state index in [1.54, 1.807) is 0 Å². The highest BCUT2D eigenvalue weighted by atomic mass is 16.7. The van der Waals surface area contributed by atoms with Gasteiger partial charge in [0.2, 0.25) is 6.29 Å². The highest BCUT2D eigenvalue weighted by Gasteiger charge is 2.70. The molecule has 0 aromatic heterocycles. The van der Waals surface area contributed by atoms with Crippen LogP contribution < -0.4 is 0 Å². The van der Waals surface area contributed by atoms with E-state index < -0.39 is 135 Å². The van der Waals surface area contributed by atoms with Crippen LogP contribution in [0.2, 0.25) is 0 Å². The summed E-state index contributed by atoms with van der Waals surface area (Å²) in [4.78, 5) is 14.7. The number of hydrogen-bond acceptors (Lipinski definition) is 18. The molecule has 7 fully saturated rings. The second kappa shape index (κ2) is 18.0. The fraction of sp³-hybridized carbons (Fsp3) is 0.938. The summed E-state index contributed by atoms with van der Waals surface area (Å²) in [7, 11) is 0. The van der Waals surface area contributed by atoms with Crippen molar-refractivity contribution in [3.8, 4) is 0 Å². The van der Waals surface area contributed by atoms with Crippen molar-refractivity contribution in [3.63, 3.8) is 0 Å². The quantitative estimate of drug-likeness (QED) is 0.0833. The zero-order chi connectivity index (χ0) is 48.3. The van der Waals surface area contributed by atoms with Gasteiger partial charge in [0.05, 0.1) is 31.3 Å².